The molecular formula is C19H27FN4O. The summed E-state index contributed by atoms with van der Waals surface area (Å²) in [7, 11) is 0. The molecule has 3 rings (SSSR count). The number of guanidine groups is 1. The average molecular weight is 346 g/mol. The SMILES string of the molecule is CCNC(=NCC1(c2ccccc2F)CC1)NCCNC(=O)C1CC1. The summed E-state index contributed by atoms with van der Waals surface area (Å²) in [6.45, 7) is 4.54. The minimum absolute atomic E-state index is 0.143. The summed E-state index contributed by atoms with van der Waals surface area (Å²) in [5.74, 6) is 0.958. The van der Waals surface area contributed by atoms with Crippen LogP contribution >= 0.6 is 0 Å². The van der Waals surface area contributed by atoms with Crippen molar-refractivity contribution in [2.45, 2.75) is 38.0 Å². The molecule has 0 aromatic heterocycles. The first-order valence-electron chi connectivity index (χ1n) is 9.19. The molecule has 0 aliphatic heterocycles. The van der Waals surface area contributed by atoms with Gasteiger partial charge in [0.15, 0.2) is 5.96 Å². The molecule has 0 spiro atoms. The first-order chi connectivity index (χ1) is 12.1. The van der Waals surface area contributed by atoms with Gasteiger partial charge in [0.1, 0.15) is 5.82 Å². The summed E-state index contributed by atoms with van der Waals surface area (Å²) >= 11 is 0. The molecule has 2 aliphatic carbocycles. The van der Waals surface area contributed by atoms with Crippen molar-refractivity contribution in [3.05, 3.63) is 35.6 Å². The number of halogens is 1. The monoisotopic (exact) mass is 346 g/mol. The summed E-state index contributed by atoms with van der Waals surface area (Å²) < 4.78 is 14.1. The third-order valence-corrected chi connectivity index (χ3v) is 4.85. The smallest absolute Gasteiger partial charge is 0.223 e. The zero-order valence-electron chi connectivity index (χ0n) is 14.8. The molecule has 2 fully saturated rings. The molecular weight excluding hydrogens is 319 g/mol. The van der Waals surface area contributed by atoms with Crippen molar-refractivity contribution < 1.29 is 9.18 Å². The molecule has 0 radical (unpaired) electrons. The highest BCUT2D eigenvalue weighted by atomic mass is 19.1. The van der Waals surface area contributed by atoms with Crippen molar-refractivity contribution in [1.82, 2.24) is 16.0 Å². The molecule has 2 saturated carbocycles. The Hall–Kier alpha value is -2.11. The number of carbonyl (C=O) groups is 1. The Morgan fingerprint density at radius 3 is 2.56 bits per heavy atom. The van der Waals surface area contributed by atoms with Crippen molar-refractivity contribution in [3.8, 4) is 0 Å². The Balaban J connectivity index is 1.51. The lowest BCUT2D eigenvalue weighted by Gasteiger charge is -2.16. The van der Waals surface area contributed by atoms with Crippen molar-refractivity contribution in [2.75, 3.05) is 26.2 Å². The van der Waals surface area contributed by atoms with Gasteiger partial charge < -0.3 is 16.0 Å². The Morgan fingerprint density at radius 1 is 1.20 bits per heavy atom. The molecule has 2 aliphatic rings. The van der Waals surface area contributed by atoms with Gasteiger partial charge in [-0.1, -0.05) is 18.2 Å². The Morgan fingerprint density at radius 2 is 1.92 bits per heavy atom. The zero-order chi connectivity index (χ0) is 17.7. The van der Waals surface area contributed by atoms with Crippen LogP contribution in [0, 0.1) is 11.7 Å². The molecule has 3 N–H and O–H groups in total. The second kappa shape index (κ2) is 7.85. The van der Waals surface area contributed by atoms with Crippen LogP contribution in [-0.4, -0.2) is 38.0 Å². The van der Waals surface area contributed by atoms with E-state index in [1.54, 1.807) is 6.07 Å². The van der Waals surface area contributed by atoms with Crippen LogP contribution in [0.1, 0.15) is 38.2 Å². The number of hydrogen-bond donors (Lipinski definition) is 3. The predicted octanol–water partition coefficient (Wildman–Crippen LogP) is 1.94. The average Bonchev–Trinajstić information content (AvgIpc) is 3.51. The number of carbonyl (C=O) groups excluding carboxylic acids is 1. The maximum Gasteiger partial charge on any atom is 0.223 e. The van der Waals surface area contributed by atoms with Gasteiger partial charge >= 0.3 is 0 Å². The summed E-state index contributed by atoms with van der Waals surface area (Å²) in [4.78, 5) is 16.3. The Labute approximate surface area is 148 Å². The Bertz CT molecular complexity index is 638. The van der Waals surface area contributed by atoms with Crippen LogP contribution in [0.15, 0.2) is 29.3 Å². The van der Waals surface area contributed by atoms with Crippen molar-refractivity contribution in [3.63, 3.8) is 0 Å². The largest absolute Gasteiger partial charge is 0.357 e. The lowest BCUT2D eigenvalue weighted by atomic mass is 9.95. The maximum absolute atomic E-state index is 14.1. The van der Waals surface area contributed by atoms with Crippen LogP contribution in [-0.2, 0) is 10.2 Å². The second-order valence-corrected chi connectivity index (χ2v) is 6.95. The van der Waals surface area contributed by atoms with Crippen LogP contribution in [0.4, 0.5) is 4.39 Å². The number of rotatable bonds is 8. The van der Waals surface area contributed by atoms with Crippen LogP contribution in [0.3, 0.4) is 0 Å². The standard InChI is InChI=1S/C19H27FN4O/c1-2-21-18(23-12-11-22-17(25)14-7-8-14)24-13-19(9-10-19)15-5-3-4-6-16(15)20/h3-6,14H,2,7-13H2,1H3,(H,22,25)(H2,21,23,24). The number of nitrogens with zero attached hydrogens (tertiary/aromatic N) is 1. The number of hydrogen-bond acceptors (Lipinski definition) is 2. The van der Waals surface area contributed by atoms with Gasteiger partial charge in [-0.25, -0.2) is 4.39 Å². The highest BCUT2D eigenvalue weighted by Gasteiger charge is 2.45. The van der Waals surface area contributed by atoms with Gasteiger partial charge in [-0.2, -0.15) is 0 Å². The summed E-state index contributed by atoms with van der Waals surface area (Å²) in [6, 6.07) is 6.99. The highest BCUT2D eigenvalue weighted by Crippen LogP contribution is 2.49. The lowest BCUT2D eigenvalue weighted by molar-refractivity contribution is -0.122. The van der Waals surface area contributed by atoms with Gasteiger partial charge in [0.05, 0.1) is 6.54 Å². The van der Waals surface area contributed by atoms with E-state index < -0.39 is 0 Å². The second-order valence-electron chi connectivity index (χ2n) is 6.95. The van der Waals surface area contributed by atoms with Gasteiger partial charge in [-0.15, -0.1) is 0 Å². The van der Waals surface area contributed by atoms with Crippen molar-refractivity contribution >= 4 is 11.9 Å². The van der Waals surface area contributed by atoms with E-state index in [1.165, 1.54) is 6.07 Å². The minimum Gasteiger partial charge on any atom is -0.357 e. The molecule has 136 valence electrons. The van der Waals surface area contributed by atoms with E-state index in [9.17, 15) is 9.18 Å². The van der Waals surface area contributed by atoms with Crippen LogP contribution in [0.25, 0.3) is 0 Å². The van der Waals surface area contributed by atoms with Crippen LogP contribution in [0.5, 0.6) is 0 Å². The minimum atomic E-state index is -0.159. The molecule has 25 heavy (non-hydrogen) atoms. The fourth-order valence-electron chi connectivity index (χ4n) is 2.98. The number of aliphatic imine (C=N–C) groups is 1. The zero-order valence-corrected chi connectivity index (χ0v) is 14.8. The van der Waals surface area contributed by atoms with Crippen molar-refractivity contribution in [2.24, 2.45) is 10.9 Å². The summed E-state index contributed by atoms with van der Waals surface area (Å²) in [5, 5.41) is 9.36. The molecule has 6 heteroatoms. The molecule has 5 nitrogen and oxygen atoms in total. The van der Waals surface area contributed by atoms with Gasteiger partial charge in [0.25, 0.3) is 0 Å². The molecule has 0 bridgehead atoms. The molecule has 0 saturated heterocycles. The van der Waals surface area contributed by atoms with Gasteiger partial charge in [0.2, 0.25) is 5.91 Å². The van der Waals surface area contributed by atoms with Crippen molar-refractivity contribution in [1.29, 1.82) is 0 Å². The predicted molar refractivity (Wildman–Crippen MR) is 97.0 cm³/mol. The molecule has 0 unspecified atom stereocenters. The van der Waals surface area contributed by atoms with E-state index in [4.69, 9.17) is 0 Å². The fraction of sp³-hybridized carbons (Fsp3) is 0.579. The highest BCUT2D eigenvalue weighted by molar-refractivity contribution is 5.81. The summed E-state index contributed by atoms with van der Waals surface area (Å²) in [5.41, 5.74) is 0.611. The van der Waals surface area contributed by atoms with E-state index in [-0.39, 0.29) is 23.1 Å². The number of benzene rings is 1. The van der Waals surface area contributed by atoms with Gasteiger partial charge in [-0.3, -0.25) is 9.79 Å². The van der Waals surface area contributed by atoms with Crippen LogP contribution < -0.4 is 16.0 Å². The quantitative estimate of drug-likeness (QED) is 0.383. The van der Waals surface area contributed by atoms with E-state index >= 15 is 0 Å². The molecule has 0 heterocycles. The van der Waals surface area contributed by atoms with Crippen LogP contribution in [0.2, 0.25) is 0 Å². The third-order valence-electron chi connectivity index (χ3n) is 4.85. The third kappa shape index (κ3) is 4.71. The lowest BCUT2D eigenvalue weighted by Crippen LogP contribution is -2.42. The number of nitrogens with one attached hydrogen (secondary N) is 3. The van der Waals surface area contributed by atoms with E-state index in [0.29, 0.717) is 25.6 Å². The summed E-state index contributed by atoms with van der Waals surface area (Å²) in [6.07, 6.45) is 3.96. The fourth-order valence-corrected chi connectivity index (χ4v) is 2.98. The molecule has 1 aromatic rings. The Kier molecular flexibility index (Phi) is 5.56. The molecule has 1 aromatic carbocycles. The molecule has 0 atom stereocenters. The first kappa shape index (κ1) is 17.7. The number of amides is 1. The van der Waals surface area contributed by atoms with Gasteiger partial charge in [-0.05, 0) is 44.2 Å². The van der Waals surface area contributed by atoms with E-state index in [1.807, 2.05) is 19.1 Å². The van der Waals surface area contributed by atoms with E-state index in [0.717, 1.165) is 37.8 Å². The first-order valence-corrected chi connectivity index (χ1v) is 9.19. The molecule has 1 amide bonds. The normalized spacial score (nSPS) is 18.6. The van der Waals surface area contributed by atoms with Gasteiger partial charge in [0, 0.05) is 31.0 Å². The van der Waals surface area contributed by atoms with E-state index in [2.05, 4.69) is 20.9 Å². The topological polar surface area (TPSA) is 65.5 Å². The maximum atomic E-state index is 14.1.